The molecule has 9 nitrogen and oxygen atoms in total. The summed E-state index contributed by atoms with van der Waals surface area (Å²) in [5, 5.41) is 11.9. The third-order valence-electron chi connectivity index (χ3n) is 6.71. The monoisotopic (exact) mass is 515 g/mol. The van der Waals surface area contributed by atoms with Crippen molar-refractivity contribution in [3.63, 3.8) is 0 Å². The van der Waals surface area contributed by atoms with Gasteiger partial charge in [0.2, 0.25) is 0 Å². The molecule has 1 saturated carbocycles. The van der Waals surface area contributed by atoms with Crippen molar-refractivity contribution >= 4 is 5.91 Å². The van der Waals surface area contributed by atoms with E-state index in [0.717, 1.165) is 0 Å². The zero-order valence-corrected chi connectivity index (χ0v) is 20.8. The lowest BCUT2D eigenvalue weighted by atomic mass is 9.79. The molecule has 0 spiro atoms. The quantitative estimate of drug-likeness (QED) is 0.391. The smallest absolute Gasteiger partial charge is 0.255 e. The fraction of sp³-hybridized carbons (Fsp3) is 0.286. The summed E-state index contributed by atoms with van der Waals surface area (Å²) in [6.07, 6.45) is 2.90. The summed E-state index contributed by atoms with van der Waals surface area (Å²) >= 11 is 0. The van der Waals surface area contributed by atoms with Crippen molar-refractivity contribution in [3.8, 4) is 34.5 Å². The second kappa shape index (κ2) is 10.1. The number of nitrogens with one attached hydrogen (secondary N) is 1. The average Bonchev–Trinajstić information content (AvgIpc) is 3.35. The van der Waals surface area contributed by atoms with E-state index in [1.54, 1.807) is 59.3 Å². The van der Waals surface area contributed by atoms with E-state index < -0.39 is 0 Å². The van der Waals surface area contributed by atoms with Crippen LogP contribution in [0.15, 0.2) is 60.8 Å². The third-order valence-corrected chi connectivity index (χ3v) is 6.71. The number of nitrogens with zero attached hydrogens (tertiary/aromatic N) is 4. The Kier molecular flexibility index (Phi) is 6.36. The SMILES string of the molecule is CCOc1ccc(-c2nnc([C@H]3C[C@H](NC(=O)c4cccc5c4OCCO5)C3)n2-c2ccccc2F)nc1. The number of para-hydroxylation sites is 2. The van der Waals surface area contributed by atoms with Crippen LogP contribution >= 0.6 is 0 Å². The van der Waals surface area contributed by atoms with Gasteiger partial charge in [0.05, 0.1) is 24.1 Å². The highest BCUT2D eigenvalue weighted by atomic mass is 19.1. The summed E-state index contributed by atoms with van der Waals surface area (Å²) in [6, 6.07) is 15.3. The number of rotatable bonds is 7. The van der Waals surface area contributed by atoms with Crippen LogP contribution in [-0.4, -0.2) is 51.5 Å². The van der Waals surface area contributed by atoms with Gasteiger partial charge in [0, 0.05) is 12.0 Å². The van der Waals surface area contributed by atoms with Gasteiger partial charge in [-0.05, 0) is 56.2 Å². The molecule has 2 aliphatic rings. The van der Waals surface area contributed by atoms with Gasteiger partial charge in [0.15, 0.2) is 17.3 Å². The first kappa shape index (κ1) is 23.9. The lowest BCUT2D eigenvalue weighted by Crippen LogP contribution is -2.44. The van der Waals surface area contributed by atoms with Gasteiger partial charge >= 0.3 is 0 Å². The molecule has 0 atom stereocenters. The van der Waals surface area contributed by atoms with E-state index in [1.807, 2.05) is 6.92 Å². The van der Waals surface area contributed by atoms with Gasteiger partial charge in [-0.2, -0.15) is 0 Å². The molecule has 1 aliphatic heterocycles. The lowest BCUT2D eigenvalue weighted by Gasteiger charge is -2.35. The molecule has 1 amide bonds. The average molecular weight is 516 g/mol. The zero-order valence-electron chi connectivity index (χ0n) is 20.8. The van der Waals surface area contributed by atoms with Crippen molar-refractivity contribution in [1.82, 2.24) is 25.1 Å². The number of fused-ring (bicyclic) bond motifs is 1. The van der Waals surface area contributed by atoms with Crippen molar-refractivity contribution in [3.05, 3.63) is 78.0 Å². The maximum atomic E-state index is 15.0. The number of carbonyl (C=O) groups is 1. The third kappa shape index (κ3) is 4.42. The molecular formula is C28H26FN5O4. The first-order valence-electron chi connectivity index (χ1n) is 12.6. The highest BCUT2D eigenvalue weighted by Gasteiger charge is 2.37. The Morgan fingerprint density at radius 2 is 1.92 bits per heavy atom. The highest BCUT2D eigenvalue weighted by Crippen LogP contribution is 2.40. The number of pyridine rings is 1. The summed E-state index contributed by atoms with van der Waals surface area (Å²) in [4.78, 5) is 17.5. The number of halogens is 1. The minimum atomic E-state index is -0.388. The second-order valence-corrected chi connectivity index (χ2v) is 9.15. The number of ether oxygens (including phenoxy) is 3. The molecule has 0 saturated heterocycles. The lowest BCUT2D eigenvalue weighted by molar-refractivity contribution is 0.0896. The van der Waals surface area contributed by atoms with E-state index in [1.165, 1.54) is 6.07 Å². The van der Waals surface area contributed by atoms with Gasteiger partial charge in [0.25, 0.3) is 5.91 Å². The minimum absolute atomic E-state index is 0.0203. The number of aromatic nitrogens is 4. The molecule has 6 rings (SSSR count). The van der Waals surface area contributed by atoms with Gasteiger partial charge in [-0.25, -0.2) is 9.37 Å². The molecule has 0 bridgehead atoms. The number of hydrogen-bond donors (Lipinski definition) is 1. The van der Waals surface area contributed by atoms with E-state index in [4.69, 9.17) is 14.2 Å². The molecule has 194 valence electrons. The first-order valence-corrected chi connectivity index (χ1v) is 12.6. The van der Waals surface area contributed by atoms with E-state index in [0.29, 0.717) is 78.5 Å². The van der Waals surface area contributed by atoms with Crippen molar-refractivity contribution in [2.75, 3.05) is 19.8 Å². The summed E-state index contributed by atoms with van der Waals surface area (Å²) in [5.41, 5.74) is 1.35. The van der Waals surface area contributed by atoms with Crippen LogP contribution in [0.5, 0.6) is 17.2 Å². The molecule has 38 heavy (non-hydrogen) atoms. The molecule has 1 N–H and O–H groups in total. The molecular weight excluding hydrogens is 489 g/mol. The maximum absolute atomic E-state index is 15.0. The normalized spacial score (nSPS) is 17.9. The molecule has 10 heteroatoms. The van der Waals surface area contributed by atoms with E-state index >= 15 is 0 Å². The van der Waals surface area contributed by atoms with Crippen LogP contribution in [0.25, 0.3) is 17.2 Å². The fourth-order valence-corrected chi connectivity index (χ4v) is 4.82. The Morgan fingerprint density at radius 3 is 2.71 bits per heavy atom. The molecule has 1 aliphatic carbocycles. The van der Waals surface area contributed by atoms with Crippen molar-refractivity contribution in [1.29, 1.82) is 0 Å². The summed E-state index contributed by atoms with van der Waals surface area (Å²) in [5.74, 6) is 2.12. The standard InChI is InChI=1S/C28H26FN5O4/c1-2-36-19-10-11-22(30-16-19)27-33-32-26(34(27)23-8-4-3-7-21(23)29)17-14-18(15-17)31-28(35)20-6-5-9-24-25(20)38-13-12-37-24/h3-11,16-18H,2,12-15H2,1H3,(H,31,35)/t17-,18-. The van der Waals surface area contributed by atoms with Crippen LogP contribution in [0.2, 0.25) is 0 Å². The molecule has 1 fully saturated rings. The number of hydrogen-bond acceptors (Lipinski definition) is 7. The zero-order chi connectivity index (χ0) is 26.1. The number of carbonyl (C=O) groups excluding carboxylic acids is 1. The molecule has 2 aromatic heterocycles. The largest absolute Gasteiger partial charge is 0.492 e. The van der Waals surface area contributed by atoms with Crippen molar-refractivity contribution in [2.45, 2.75) is 31.7 Å². The summed E-state index contributed by atoms with van der Waals surface area (Å²) in [6.45, 7) is 3.29. The summed E-state index contributed by atoms with van der Waals surface area (Å²) < 4.78 is 33.4. The van der Waals surface area contributed by atoms with Crippen LogP contribution in [-0.2, 0) is 0 Å². The number of amides is 1. The Bertz CT molecular complexity index is 1470. The van der Waals surface area contributed by atoms with Crippen LogP contribution < -0.4 is 19.5 Å². The Morgan fingerprint density at radius 1 is 1.08 bits per heavy atom. The van der Waals surface area contributed by atoms with Crippen molar-refractivity contribution < 1.29 is 23.4 Å². The van der Waals surface area contributed by atoms with Gasteiger partial charge < -0.3 is 19.5 Å². The molecule has 2 aromatic carbocycles. The maximum Gasteiger partial charge on any atom is 0.255 e. The van der Waals surface area contributed by atoms with Gasteiger partial charge in [-0.1, -0.05) is 18.2 Å². The van der Waals surface area contributed by atoms with Crippen LogP contribution in [0.4, 0.5) is 4.39 Å². The topological polar surface area (TPSA) is 100 Å². The Labute approximate surface area is 218 Å². The number of benzene rings is 2. The molecule has 3 heterocycles. The fourth-order valence-electron chi connectivity index (χ4n) is 4.82. The van der Waals surface area contributed by atoms with Crippen LogP contribution in [0.1, 0.15) is 41.9 Å². The predicted molar refractivity (Wildman–Crippen MR) is 136 cm³/mol. The van der Waals surface area contributed by atoms with Gasteiger partial charge in [-0.3, -0.25) is 9.36 Å². The predicted octanol–water partition coefficient (Wildman–Crippen LogP) is 4.31. The van der Waals surface area contributed by atoms with E-state index in [-0.39, 0.29) is 23.7 Å². The Hall–Kier alpha value is -4.47. The van der Waals surface area contributed by atoms with E-state index in [9.17, 15) is 9.18 Å². The van der Waals surface area contributed by atoms with Crippen LogP contribution in [0.3, 0.4) is 0 Å². The first-order chi connectivity index (χ1) is 18.6. The minimum Gasteiger partial charge on any atom is -0.492 e. The molecule has 0 radical (unpaired) electrons. The van der Waals surface area contributed by atoms with Gasteiger partial charge in [0.1, 0.15) is 36.3 Å². The van der Waals surface area contributed by atoms with Gasteiger partial charge in [-0.15, -0.1) is 10.2 Å². The van der Waals surface area contributed by atoms with Crippen LogP contribution in [0, 0.1) is 5.82 Å². The summed E-state index contributed by atoms with van der Waals surface area (Å²) in [7, 11) is 0. The molecule has 0 unspecified atom stereocenters. The molecule has 4 aromatic rings. The van der Waals surface area contributed by atoms with E-state index in [2.05, 4.69) is 20.5 Å². The van der Waals surface area contributed by atoms with Crippen molar-refractivity contribution in [2.24, 2.45) is 0 Å². The Balaban J connectivity index is 1.24. The highest BCUT2D eigenvalue weighted by molar-refractivity contribution is 5.98. The second-order valence-electron chi connectivity index (χ2n) is 9.15.